The van der Waals surface area contributed by atoms with Gasteiger partial charge in [-0.05, 0) is 54.8 Å². The first-order valence-electron chi connectivity index (χ1n) is 8.70. The average molecular weight is 404 g/mol. The van der Waals surface area contributed by atoms with E-state index in [-0.39, 0.29) is 18.4 Å². The second-order valence-corrected chi connectivity index (χ2v) is 6.30. The van der Waals surface area contributed by atoms with Crippen molar-refractivity contribution in [3.8, 4) is 11.8 Å². The van der Waals surface area contributed by atoms with Crippen molar-refractivity contribution >= 4 is 10.8 Å². The first-order chi connectivity index (χ1) is 13.8. The molecule has 0 atom stereocenters. The lowest BCUT2D eigenvalue weighted by Crippen LogP contribution is -2.07. The summed E-state index contributed by atoms with van der Waals surface area (Å²) in [7, 11) is 0. The maximum absolute atomic E-state index is 14.3. The molecule has 0 unspecified atom stereocenters. The third-order valence-corrected chi connectivity index (χ3v) is 4.36. The van der Waals surface area contributed by atoms with Gasteiger partial charge in [0.1, 0.15) is 5.56 Å². The predicted octanol–water partition coefficient (Wildman–Crippen LogP) is 6.58. The van der Waals surface area contributed by atoms with E-state index in [9.17, 15) is 26.3 Å². The van der Waals surface area contributed by atoms with E-state index in [1.807, 2.05) is 0 Å². The summed E-state index contributed by atoms with van der Waals surface area (Å²) in [5.74, 6) is -3.66. The van der Waals surface area contributed by atoms with Gasteiger partial charge in [0.2, 0.25) is 0 Å². The van der Waals surface area contributed by atoms with Gasteiger partial charge in [0.05, 0.1) is 0 Å². The Bertz CT molecular complexity index is 1150. The van der Waals surface area contributed by atoms with Crippen LogP contribution in [0, 0.1) is 46.7 Å². The van der Waals surface area contributed by atoms with E-state index in [1.54, 1.807) is 19.1 Å². The number of benzene rings is 3. The summed E-state index contributed by atoms with van der Waals surface area (Å²) >= 11 is 0. The molecule has 0 amide bonds. The lowest BCUT2D eigenvalue weighted by Gasteiger charge is -2.08. The summed E-state index contributed by atoms with van der Waals surface area (Å²) in [4.78, 5) is 0. The highest BCUT2D eigenvalue weighted by Crippen LogP contribution is 2.25. The molecule has 0 radical (unpaired) electrons. The van der Waals surface area contributed by atoms with Crippen LogP contribution in [-0.2, 0) is 6.42 Å². The molecule has 3 rings (SSSR count). The van der Waals surface area contributed by atoms with Crippen molar-refractivity contribution in [3.05, 3.63) is 94.1 Å². The summed E-state index contributed by atoms with van der Waals surface area (Å²) in [6, 6.07) is 6.19. The van der Waals surface area contributed by atoms with Gasteiger partial charge in [-0.2, -0.15) is 0 Å². The Morgan fingerprint density at radius 3 is 2.00 bits per heavy atom. The number of hydrogen-bond donors (Lipinski definition) is 0. The van der Waals surface area contributed by atoms with E-state index < -0.39 is 46.0 Å². The van der Waals surface area contributed by atoms with Gasteiger partial charge in [-0.1, -0.05) is 30.1 Å². The molecule has 6 heteroatoms. The fraction of sp³-hybridized carbons (Fsp3) is 0.130. The fourth-order valence-corrected chi connectivity index (χ4v) is 2.86. The van der Waals surface area contributed by atoms with Crippen molar-refractivity contribution in [3.63, 3.8) is 0 Å². The monoisotopic (exact) mass is 404 g/mol. The van der Waals surface area contributed by atoms with Gasteiger partial charge in [-0.25, -0.2) is 26.3 Å². The van der Waals surface area contributed by atoms with E-state index in [0.29, 0.717) is 10.8 Å². The molecule has 0 aliphatic heterocycles. The van der Waals surface area contributed by atoms with Crippen LogP contribution in [0.4, 0.5) is 26.3 Å². The molecule has 3 aromatic rings. The molecular weight excluding hydrogens is 390 g/mol. The maximum atomic E-state index is 14.3. The van der Waals surface area contributed by atoms with E-state index >= 15 is 0 Å². The lowest BCUT2D eigenvalue weighted by atomic mass is 10.0. The minimum atomic E-state index is -1.57. The molecule has 0 heterocycles. The van der Waals surface area contributed by atoms with Gasteiger partial charge in [-0.3, -0.25) is 0 Å². The Kier molecular flexibility index (Phi) is 5.97. The topological polar surface area (TPSA) is 0 Å². The van der Waals surface area contributed by atoms with Crippen LogP contribution < -0.4 is 0 Å². The van der Waals surface area contributed by atoms with Crippen LogP contribution in [0.2, 0.25) is 0 Å². The van der Waals surface area contributed by atoms with Crippen molar-refractivity contribution in [2.45, 2.75) is 19.8 Å². The molecule has 0 aromatic heterocycles. The quantitative estimate of drug-likeness (QED) is 0.200. The van der Waals surface area contributed by atoms with Crippen LogP contribution in [0.5, 0.6) is 0 Å². The minimum absolute atomic E-state index is 0.198. The highest BCUT2D eigenvalue weighted by atomic mass is 19.2. The zero-order valence-electron chi connectivity index (χ0n) is 15.2. The normalized spacial score (nSPS) is 11.1. The summed E-state index contributed by atoms with van der Waals surface area (Å²) in [6.45, 7) is 1.71. The van der Waals surface area contributed by atoms with E-state index in [1.165, 1.54) is 18.2 Å². The molecule has 3 aromatic carbocycles. The zero-order chi connectivity index (χ0) is 21.1. The van der Waals surface area contributed by atoms with Crippen molar-refractivity contribution in [2.75, 3.05) is 0 Å². The summed E-state index contributed by atoms with van der Waals surface area (Å²) < 4.78 is 83.6. The lowest BCUT2D eigenvalue weighted by molar-refractivity contribution is 0.436. The smallest absolute Gasteiger partial charge is 0.177 e. The van der Waals surface area contributed by atoms with Crippen LogP contribution >= 0.6 is 0 Å². The Morgan fingerprint density at radius 1 is 0.759 bits per heavy atom. The molecule has 0 aliphatic rings. The Morgan fingerprint density at radius 2 is 1.38 bits per heavy atom. The number of allylic oxidation sites excluding steroid dienone is 2. The van der Waals surface area contributed by atoms with Gasteiger partial charge >= 0.3 is 0 Å². The van der Waals surface area contributed by atoms with Crippen LogP contribution in [-0.4, -0.2) is 0 Å². The van der Waals surface area contributed by atoms with Crippen molar-refractivity contribution < 1.29 is 26.3 Å². The summed E-state index contributed by atoms with van der Waals surface area (Å²) in [5, 5.41) is 0.711. The van der Waals surface area contributed by atoms with Gasteiger partial charge < -0.3 is 0 Å². The van der Waals surface area contributed by atoms with Crippen LogP contribution in [0.3, 0.4) is 0 Å². The van der Waals surface area contributed by atoms with Gasteiger partial charge in [0, 0.05) is 11.1 Å². The van der Waals surface area contributed by atoms with Crippen molar-refractivity contribution in [1.82, 2.24) is 0 Å². The van der Waals surface area contributed by atoms with E-state index in [2.05, 4.69) is 11.8 Å². The molecule has 0 aliphatic carbocycles. The molecule has 0 bridgehead atoms. The molecule has 148 valence electrons. The van der Waals surface area contributed by atoms with Gasteiger partial charge in [0.25, 0.3) is 0 Å². The molecule has 0 fully saturated rings. The standard InChI is InChI=1S/C23H14F6/c1-2-3-4-5-16-20(26)22(28)17(23(29)21(16)27)9-7-13-6-8-14-11-18(24)19(25)12-15(14)10-13/h2-3,6,8,10-12H,4-5H2,1H3/b3-2+. The van der Waals surface area contributed by atoms with Crippen molar-refractivity contribution in [1.29, 1.82) is 0 Å². The SMILES string of the molecule is C/C=C/CCc1c(F)c(F)c(C#Cc2ccc3cc(F)c(F)cc3c2)c(F)c1F. The predicted molar refractivity (Wildman–Crippen MR) is 99.3 cm³/mol. The second-order valence-electron chi connectivity index (χ2n) is 6.30. The number of halogens is 6. The number of fused-ring (bicyclic) bond motifs is 1. The summed E-state index contributed by atoms with van der Waals surface area (Å²) in [5.41, 5.74) is -1.49. The van der Waals surface area contributed by atoms with Crippen molar-refractivity contribution in [2.24, 2.45) is 0 Å². The third kappa shape index (κ3) is 4.14. The zero-order valence-corrected chi connectivity index (χ0v) is 15.2. The number of rotatable bonds is 3. The van der Waals surface area contributed by atoms with Crippen LogP contribution in [0.15, 0.2) is 42.5 Å². The van der Waals surface area contributed by atoms with Gasteiger partial charge in [-0.15, -0.1) is 0 Å². The highest BCUT2D eigenvalue weighted by molar-refractivity contribution is 5.84. The van der Waals surface area contributed by atoms with Crippen LogP contribution in [0.25, 0.3) is 10.8 Å². The third-order valence-electron chi connectivity index (χ3n) is 4.36. The second kappa shape index (κ2) is 8.44. The molecule has 0 N–H and O–H groups in total. The first-order valence-corrected chi connectivity index (χ1v) is 8.70. The Balaban J connectivity index is 2.02. The van der Waals surface area contributed by atoms with E-state index in [0.717, 1.165) is 12.1 Å². The minimum Gasteiger partial charge on any atom is -0.204 e. The van der Waals surface area contributed by atoms with Crippen LogP contribution in [0.1, 0.15) is 30.0 Å². The molecule has 29 heavy (non-hydrogen) atoms. The van der Waals surface area contributed by atoms with Gasteiger partial charge in [0.15, 0.2) is 34.9 Å². The molecule has 0 spiro atoms. The highest BCUT2D eigenvalue weighted by Gasteiger charge is 2.23. The fourth-order valence-electron chi connectivity index (χ4n) is 2.86. The first kappa shape index (κ1) is 20.5. The molecular formula is C23H14F6. The Labute approximate surface area is 163 Å². The molecule has 0 nitrogen and oxygen atoms in total. The van der Waals surface area contributed by atoms with E-state index in [4.69, 9.17) is 0 Å². The average Bonchev–Trinajstić information content (AvgIpc) is 2.70. The molecule has 0 saturated heterocycles. The summed E-state index contributed by atoms with van der Waals surface area (Å²) in [6.07, 6.45) is 3.31. The number of hydrogen-bond acceptors (Lipinski definition) is 0. The maximum Gasteiger partial charge on any atom is 0.177 e. The largest absolute Gasteiger partial charge is 0.204 e. The molecule has 0 saturated carbocycles. The Hall–Kier alpha value is -3.20.